The zero-order valence-electron chi connectivity index (χ0n) is 11.3. The molecule has 0 aliphatic rings. The number of carboxylic acids is 1. The number of carboxylic acid groups (broad SMARTS) is 1. The second kappa shape index (κ2) is 4.48. The predicted octanol–water partition coefficient (Wildman–Crippen LogP) is 3.67. The van der Waals surface area contributed by atoms with Gasteiger partial charge in [0.2, 0.25) is 0 Å². The SMILES string of the molecule is CCC(C(=O)O)c1c(C)[nH]c2c(C)cc(C)cc12. The Balaban J connectivity index is 2.77. The van der Waals surface area contributed by atoms with E-state index in [1.165, 1.54) is 11.1 Å². The molecule has 0 aliphatic heterocycles. The summed E-state index contributed by atoms with van der Waals surface area (Å²) in [6.07, 6.45) is 0.607. The molecular weight excluding hydrogens is 226 g/mol. The Hall–Kier alpha value is -1.77. The summed E-state index contributed by atoms with van der Waals surface area (Å²) >= 11 is 0. The lowest BCUT2D eigenvalue weighted by molar-refractivity contribution is -0.138. The van der Waals surface area contributed by atoms with E-state index >= 15 is 0 Å². The van der Waals surface area contributed by atoms with Crippen molar-refractivity contribution in [2.75, 3.05) is 0 Å². The maximum absolute atomic E-state index is 11.4. The van der Waals surface area contributed by atoms with Crippen molar-refractivity contribution in [2.24, 2.45) is 0 Å². The van der Waals surface area contributed by atoms with Gasteiger partial charge in [-0.3, -0.25) is 4.79 Å². The minimum Gasteiger partial charge on any atom is -0.481 e. The van der Waals surface area contributed by atoms with Crippen LogP contribution in [0.2, 0.25) is 0 Å². The van der Waals surface area contributed by atoms with Crippen LogP contribution in [0, 0.1) is 20.8 Å². The summed E-state index contributed by atoms with van der Waals surface area (Å²) < 4.78 is 0. The highest BCUT2D eigenvalue weighted by atomic mass is 16.4. The van der Waals surface area contributed by atoms with Crippen molar-refractivity contribution in [3.8, 4) is 0 Å². The highest BCUT2D eigenvalue weighted by molar-refractivity contribution is 5.92. The van der Waals surface area contributed by atoms with Crippen LogP contribution in [-0.2, 0) is 4.79 Å². The molecule has 2 aromatic rings. The highest BCUT2D eigenvalue weighted by Crippen LogP contribution is 2.33. The van der Waals surface area contributed by atoms with Crippen LogP contribution in [0.5, 0.6) is 0 Å². The molecule has 96 valence electrons. The van der Waals surface area contributed by atoms with Gasteiger partial charge in [-0.25, -0.2) is 0 Å². The first-order valence-electron chi connectivity index (χ1n) is 6.28. The van der Waals surface area contributed by atoms with E-state index in [9.17, 15) is 9.90 Å². The molecule has 3 nitrogen and oxygen atoms in total. The topological polar surface area (TPSA) is 53.1 Å². The summed E-state index contributed by atoms with van der Waals surface area (Å²) in [4.78, 5) is 14.7. The average Bonchev–Trinajstić information content (AvgIpc) is 2.58. The second-order valence-electron chi connectivity index (χ2n) is 4.97. The third-order valence-electron chi connectivity index (χ3n) is 3.54. The number of aryl methyl sites for hydroxylation is 3. The van der Waals surface area contributed by atoms with Gasteiger partial charge in [-0.2, -0.15) is 0 Å². The number of aliphatic carboxylic acids is 1. The molecule has 1 aromatic heterocycles. The number of carbonyl (C=O) groups is 1. The standard InChI is InChI=1S/C15H19NO2/c1-5-11(15(17)18)13-10(4)16-14-9(3)6-8(2)7-12(13)14/h6-7,11,16H,5H2,1-4H3,(H,17,18). The molecule has 0 bridgehead atoms. The smallest absolute Gasteiger partial charge is 0.311 e. The van der Waals surface area contributed by atoms with E-state index in [0.717, 1.165) is 22.2 Å². The van der Waals surface area contributed by atoms with Crippen molar-refractivity contribution in [3.63, 3.8) is 0 Å². The molecule has 1 atom stereocenters. The van der Waals surface area contributed by atoms with Gasteiger partial charge in [-0.05, 0) is 44.4 Å². The van der Waals surface area contributed by atoms with Crippen molar-refractivity contribution in [3.05, 3.63) is 34.5 Å². The van der Waals surface area contributed by atoms with Gasteiger partial charge in [0.1, 0.15) is 0 Å². The normalized spacial score (nSPS) is 12.9. The van der Waals surface area contributed by atoms with Crippen LogP contribution >= 0.6 is 0 Å². The molecule has 0 saturated heterocycles. The number of aromatic nitrogens is 1. The molecular formula is C15H19NO2. The van der Waals surface area contributed by atoms with Crippen molar-refractivity contribution in [1.29, 1.82) is 0 Å². The van der Waals surface area contributed by atoms with Crippen LogP contribution in [0.25, 0.3) is 10.9 Å². The third-order valence-corrected chi connectivity index (χ3v) is 3.54. The first-order chi connectivity index (χ1) is 8.45. The number of aromatic amines is 1. The van der Waals surface area contributed by atoms with E-state index in [2.05, 4.69) is 24.0 Å². The van der Waals surface area contributed by atoms with Gasteiger partial charge in [0.15, 0.2) is 0 Å². The highest BCUT2D eigenvalue weighted by Gasteiger charge is 2.24. The Morgan fingerprint density at radius 3 is 2.56 bits per heavy atom. The predicted molar refractivity (Wildman–Crippen MR) is 73.2 cm³/mol. The fourth-order valence-electron chi connectivity index (χ4n) is 2.75. The molecule has 2 rings (SSSR count). The van der Waals surface area contributed by atoms with Crippen molar-refractivity contribution < 1.29 is 9.90 Å². The van der Waals surface area contributed by atoms with Gasteiger partial charge in [0.05, 0.1) is 5.92 Å². The van der Waals surface area contributed by atoms with E-state index in [1.807, 2.05) is 20.8 Å². The number of hydrogen-bond acceptors (Lipinski definition) is 1. The Morgan fingerprint density at radius 2 is 2.00 bits per heavy atom. The third kappa shape index (κ3) is 1.90. The molecule has 0 radical (unpaired) electrons. The Bertz CT molecular complexity index is 610. The summed E-state index contributed by atoms with van der Waals surface area (Å²) in [6.45, 7) is 7.96. The number of rotatable bonds is 3. The van der Waals surface area contributed by atoms with E-state index in [0.29, 0.717) is 6.42 Å². The molecule has 1 unspecified atom stereocenters. The summed E-state index contributed by atoms with van der Waals surface area (Å²) in [5.41, 5.74) is 5.30. The van der Waals surface area contributed by atoms with Crippen LogP contribution in [0.15, 0.2) is 12.1 Å². The Labute approximate surface area is 107 Å². The van der Waals surface area contributed by atoms with Gasteiger partial charge < -0.3 is 10.1 Å². The Kier molecular flexibility index (Phi) is 3.16. The van der Waals surface area contributed by atoms with Gasteiger partial charge >= 0.3 is 5.97 Å². The molecule has 1 aromatic carbocycles. The van der Waals surface area contributed by atoms with Gasteiger partial charge in [0.25, 0.3) is 0 Å². The van der Waals surface area contributed by atoms with Crippen LogP contribution in [-0.4, -0.2) is 16.1 Å². The van der Waals surface area contributed by atoms with Gasteiger partial charge in [-0.15, -0.1) is 0 Å². The lowest BCUT2D eigenvalue weighted by Crippen LogP contribution is -2.11. The quantitative estimate of drug-likeness (QED) is 0.866. The summed E-state index contributed by atoms with van der Waals surface area (Å²) in [5, 5.41) is 10.4. The summed E-state index contributed by atoms with van der Waals surface area (Å²) in [5.74, 6) is -1.18. The first kappa shape index (κ1) is 12.7. The molecule has 0 aliphatic carbocycles. The largest absolute Gasteiger partial charge is 0.481 e. The minimum absolute atomic E-state index is 0.431. The van der Waals surface area contributed by atoms with Crippen molar-refractivity contribution in [1.82, 2.24) is 4.98 Å². The second-order valence-corrected chi connectivity index (χ2v) is 4.97. The number of nitrogens with one attached hydrogen (secondary N) is 1. The zero-order chi connectivity index (χ0) is 13.4. The van der Waals surface area contributed by atoms with Gasteiger partial charge in [-0.1, -0.05) is 18.6 Å². The minimum atomic E-state index is -0.749. The lowest BCUT2D eigenvalue weighted by atomic mass is 9.92. The Morgan fingerprint density at radius 1 is 1.33 bits per heavy atom. The van der Waals surface area contributed by atoms with Crippen molar-refractivity contribution in [2.45, 2.75) is 40.0 Å². The number of H-pyrrole nitrogens is 1. The first-order valence-corrected chi connectivity index (χ1v) is 6.28. The van der Waals surface area contributed by atoms with Crippen molar-refractivity contribution >= 4 is 16.9 Å². The number of benzene rings is 1. The molecule has 18 heavy (non-hydrogen) atoms. The molecule has 0 spiro atoms. The molecule has 2 N–H and O–H groups in total. The van der Waals surface area contributed by atoms with Crippen LogP contribution in [0.4, 0.5) is 0 Å². The number of hydrogen-bond donors (Lipinski definition) is 2. The van der Waals surface area contributed by atoms with Crippen LogP contribution in [0.1, 0.15) is 41.6 Å². The molecule has 1 heterocycles. The summed E-state index contributed by atoms with van der Waals surface area (Å²) in [6, 6.07) is 4.19. The van der Waals surface area contributed by atoms with E-state index in [1.54, 1.807) is 0 Å². The fourth-order valence-corrected chi connectivity index (χ4v) is 2.75. The maximum Gasteiger partial charge on any atom is 0.311 e. The van der Waals surface area contributed by atoms with Gasteiger partial charge in [0, 0.05) is 16.6 Å². The van der Waals surface area contributed by atoms with E-state index in [4.69, 9.17) is 0 Å². The van der Waals surface area contributed by atoms with Crippen LogP contribution in [0.3, 0.4) is 0 Å². The van der Waals surface area contributed by atoms with E-state index in [-0.39, 0.29) is 0 Å². The average molecular weight is 245 g/mol. The fraction of sp³-hybridized carbons (Fsp3) is 0.400. The van der Waals surface area contributed by atoms with E-state index < -0.39 is 11.9 Å². The lowest BCUT2D eigenvalue weighted by Gasteiger charge is -2.10. The monoisotopic (exact) mass is 245 g/mol. The molecule has 0 saturated carbocycles. The van der Waals surface area contributed by atoms with Crippen LogP contribution < -0.4 is 0 Å². The molecule has 0 fully saturated rings. The molecule has 0 amide bonds. The molecule has 3 heteroatoms. The zero-order valence-corrected chi connectivity index (χ0v) is 11.3. The summed E-state index contributed by atoms with van der Waals surface area (Å²) in [7, 11) is 0. The number of fused-ring (bicyclic) bond motifs is 1. The maximum atomic E-state index is 11.4.